The lowest BCUT2D eigenvalue weighted by Crippen LogP contribution is -2.16. The second-order valence-electron chi connectivity index (χ2n) is 7.08. The Labute approximate surface area is 202 Å². The molecule has 4 rings (SSSR count). The number of hydrogen-bond donors (Lipinski definition) is 2. The number of benzene rings is 3. The van der Waals surface area contributed by atoms with Crippen LogP contribution in [0.3, 0.4) is 0 Å². The van der Waals surface area contributed by atoms with Gasteiger partial charge in [-0.2, -0.15) is 10.4 Å². The first-order valence-electron chi connectivity index (χ1n) is 10.1. The SMILES string of the molecule is N#Cc1c(-c2ccccc2)nc(NN=Cc2cccc(OCc3cc(F)ccc3Br)c2)[nH]c1=O. The maximum atomic E-state index is 13.5. The highest BCUT2D eigenvalue weighted by Crippen LogP contribution is 2.21. The van der Waals surface area contributed by atoms with E-state index in [1.165, 1.54) is 18.3 Å². The lowest BCUT2D eigenvalue weighted by atomic mass is 10.1. The van der Waals surface area contributed by atoms with Gasteiger partial charge in [0.15, 0.2) is 0 Å². The van der Waals surface area contributed by atoms with Crippen molar-refractivity contribution in [3.63, 3.8) is 0 Å². The number of halogens is 2. The maximum absolute atomic E-state index is 13.5. The predicted octanol–water partition coefficient (Wildman–Crippen LogP) is 5.24. The molecule has 4 aromatic rings. The number of rotatable bonds is 7. The van der Waals surface area contributed by atoms with Crippen molar-refractivity contribution in [1.82, 2.24) is 9.97 Å². The molecule has 3 aromatic carbocycles. The number of nitriles is 1. The number of hydrogen-bond acceptors (Lipinski definition) is 6. The molecule has 9 heteroatoms. The number of aromatic nitrogens is 2. The summed E-state index contributed by atoms with van der Waals surface area (Å²) in [6.07, 6.45) is 1.53. The number of H-pyrrole nitrogens is 1. The van der Waals surface area contributed by atoms with Crippen molar-refractivity contribution < 1.29 is 9.13 Å². The fourth-order valence-corrected chi connectivity index (χ4v) is 3.46. The van der Waals surface area contributed by atoms with Crippen LogP contribution in [0.1, 0.15) is 16.7 Å². The Balaban J connectivity index is 1.48. The summed E-state index contributed by atoms with van der Waals surface area (Å²) in [5, 5.41) is 13.5. The van der Waals surface area contributed by atoms with E-state index in [1.807, 2.05) is 18.2 Å². The third kappa shape index (κ3) is 5.54. The smallest absolute Gasteiger partial charge is 0.270 e. The average molecular weight is 518 g/mol. The van der Waals surface area contributed by atoms with Gasteiger partial charge in [0.2, 0.25) is 5.95 Å². The molecule has 1 aromatic heterocycles. The van der Waals surface area contributed by atoms with Crippen LogP contribution in [-0.4, -0.2) is 16.2 Å². The summed E-state index contributed by atoms with van der Waals surface area (Å²) in [6.45, 7) is 0.190. The summed E-state index contributed by atoms with van der Waals surface area (Å²) in [7, 11) is 0. The van der Waals surface area contributed by atoms with E-state index in [2.05, 4.69) is 36.4 Å². The standard InChI is InChI=1S/C25H17BrFN5O2/c26-22-10-9-19(27)12-18(22)15-34-20-8-4-5-16(11-20)14-29-32-25-30-23(17-6-2-1-3-7-17)21(13-28)24(33)31-25/h1-12,14H,15H2,(H2,30,31,32,33). The van der Waals surface area contributed by atoms with Crippen molar-refractivity contribution in [3.8, 4) is 23.1 Å². The van der Waals surface area contributed by atoms with E-state index < -0.39 is 5.56 Å². The molecule has 168 valence electrons. The van der Waals surface area contributed by atoms with Crippen LogP contribution in [0, 0.1) is 17.1 Å². The lowest BCUT2D eigenvalue weighted by Gasteiger charge is -2.09. The van der Waals surface area contributed by atoms with E-state index in [0.29, 0.717) is 16.9 Å². The van der Waals surface area contributed by atoms with Gasteiger partial charge in [0.25, 0.3) is 5.56 Å². The molecule has 0 spiro atoms. The topological polar surface area (TPSA) is 103 Å². The summed E-state index contributed by atoms with van der Waals surface area (Å²) >= 11 is 3.38. The second-order valence-corrected chi connectivity index (χ2v) is 7.94. The zero-order valence-corrected chi connectivity index (χ0v) is 19.2. The molecule has 0 saturated carbocycles. The Morgan fingerprint density at radius 2 is 1.97 bits per heavy atom. The minimum Gasteiger partial charge on any atom is -0.489 e. The molecule has 0 aliphatic rings. The zero-order chi connectivity index (χ0) is 23.9. The molecule has 0 unspecified atom stereocenters. The highest BCUT2D eigenvalue weighted by molar-refractivity contribution is 9.10. The minimum absolute atomic E-state index is 0.0736. The Kier molecular flexibility index (Phi) is 7.10. The molecule has 0 atom stereocenters. The van der Waals surface area contributed by atoms with Gasteiger partial charge < -0.3 is 4.74 Å². The van der Waals surface area contributed by atoms with Crippen molar-refractivity contribution in [3.05, 3.63) is 110 Å². The quantitative estimate of drug-likeness (QED) is 0.258. The van der Waals surface area contributed by atoms with E-state index >= 15 is 0 Å². The van der Waals surface area contributed by atoms with E-state index in [9.17, 15) is 14.4 Å². The van der Waals surface area contributed by atoms with Crippen LogP contribution >= 0.6 is 15.9 Å². The van der Waals surface area contributed by atoms with Gasteiger partial charge in [-0.1, -0.05) is 58.4 Å². The summed E-state index contributed by atoms with van der Waals surface area (Å²) in [5.41, 5.74) is 4.38. The molecule has 34 heavy (non-hydrogen) atoms. The molecule has 1 heterocycles. The van der Waals surface area contributed by atoms with E-state index in [0.717, 1.165) is 10.0 Å². The molecule has 0 radical (unpaired) electrons. The van der Waals surface area contributed by atoms with Gasteiger partial charge in [-0.05, 0) is 35.9 Å². The second kappa shape index (κ2) is 10.6. The molecule has 7 nitrogen and oxygen atoms in total. The monoisotopic (exact) mass is 517 g/mol. The normalized spacial score (nSPS) is 10.7. The molecule has 2 N–H and O–H groups in total. The van der Waals surface area contributed by atoms with E-state index in [1.54, 1.807) is 48.5 Å². The van der Waals surface area contributed by atoms with Crippen LogP contribution in [0.15, 0.2) is 87.2 Å². The van der Waals surface area contributed by atoms with Gasteiger partial charge in [-0.25, -0.2) is 14.8 Å². The van der Waals surface area contributed by atoms with Crippen molar-refractivity contribution in [2.75, 3.05) is 5.43 Å². The third-order valence-electron chi connectivity index (χ3n) is 4.72. The Bertz CT molecular complexity index is 1450. The highest BCUT2D eigenvalue weighted by Gasteiger charge is 2.12. The fraction of sp³-hybridized carbons (Fsp3) is 0.0400. The Morgan fingerprint density at radius 3 is 2.76 bits per heavy atom. The average Bonchev–Trinajstić information content (AvgIpc) is 2.85. The van der Waals surface area contributed by atoms with Gasteiger partial charge in [-0.15, -0.1) is 0 Å². The first-order valence-corrected chi connectivity index (χ1v) is 10.9. The number of hydrazone groups is 1. The van der Waals surface area contributed by atoms with Crippen LogP contribution in [-0.2, 0) is 6.61 Å². The highest BCUT2D eigenvalue weighted by atomic mass is 79.9. The number of anilines is 1. The van der Waals surface area contributed by atoms with Crippen molar-refractivity contribution in [2.45, 2.75) is 6.61 Å². The van der Waals surface area contributed by atoms with Crippen molar-refractivity contribution in [1.29, 1.82) is 5.26 Å². The molecule has 0 saturated heterocycles. The number of nitrogens with one attached hydrogen (secondary N) is 2. The maximum Gasteiger partial charge on any atom is 0.270 e. The number of aromatic amines is 1. The number of ether oxygens (including phenoxy) is 1. The van der Waals surface area contributed by atoms with Gasteiger partial charge in [0, 0.05) is 15.6 Å². The molecule has 0 bridgehead atoms. The summed E-state index contributed by atoms with van der Waals surface area (Å²) < 4.78 is 20.0. The molecule has 0 aliphatic heterocycles. The molecular weight excluding hydrogens is 501 g/mol. The largest absolute Gasteiger partial charge is 0.489 e. The molecule has 0 aliphatic carbocycles. The van der Waals surface area contributed by atoms with Gasteiger partial charge in [0.1, 0.15) is 29.8 Å². The first-order chi connectivity index (χ1) is 16.5. The zero-order valence-electron chi connectivity index (χ0n) is 17.6. The molecule has 0 amide bonds. The predicted molar refractivity (Wildman–Crippen MR) is 131 cm³/mol. The van der Waals surface area contributed by atoms with E-state index in [-0.39, 0.29) is 29.6 Å². The molecular formula is C25H17BrFN5O2. The van der Waals surface area contributed by atoms with Crippen molar-refractivity contribution in [2.24, 2.45) is 5.10 Å². The lowest BCUT2D eigenvalue weighted by molar-refractivity contribution is 0.305. The fourth-order valence-electron chi connectivity index (χ4n) is 3.10. The molecule has 0 fully saturated rings. The summed E-state index contributed by atoms with van der Waals surface area (Å²) in [4.78, 5) is 19.2. The number of nitrogens with zero attached hydrogens (tertiary/aromatic N) is 3. The van der Waals surface area contributed by atoms with Gasteiger partial charge in [-0.3, -0.25) is 9.78 Å². The van der Waals surface area contributed by atoms with Gasteiger partial charge in [0.05, 0.1) is 11.9 Å². The van der Waals surface area contributed by atoms with Crippen molar-refractivity contribution >= 4 is 28.1 Å². The minimum atomic E-state index is -0.562. The summed E-state index contributed by atoms with van der Waals surface area (Å²) in [6, 6.07) is 22.4. The van der Waals surface area contributed by atoms with Crippen LogP contribution < -0.4 is 15.7 Å². The van der Waals surface area contributed by atoms with Crippen LogP contribution in [0.25, 0.3) is 11.3 Å². The third-order valence-corrected chi connectivity index (χ3v) is 5.50. The van der Waals surface area contributed by atoms with Crippen LogP contribution in [0.4, 0.5) is 10.3 Å². The Morgan fingerprint density at radius 1 is 1.15 bits per heavy atom. The van der Waals surface area contributed by atoms with E-state index in [4.69, 9.17) is 4.74 Å². The first kappa shape index (κ1) is 22.9. The van der Waals surface area contributed by atoms with Gasteiger partial charge >= 0.3 is 0 Å². The summed E-state index contributed by atoms with van der Waals surface area (Å²) in [5.74, 6) is 0.345. The Hall–Kier alpha value is -4.29. The van der Waals surface area contributed by atoms with Crippen LogP contribution in [0.2, 0.25) is 0 Å². The van der Waals surface area contributed by atoms with Crippen LogP contribution in [0.5, 0.6) is 5.75 Å².